The van der Waals surface area contributed by atoms with Gasteiger partial charge in [-0.25, -0.2) is 0 Å². The van der Waals surface area contributed by atoms with Crippen molar-refractivity contribution >= 4 is 59.1 Å². The molecule has 0 aromatic heterocycles. The van der Waals surface area contributed by atoms with Crippen molar-refractivity contribution in [1.29, 1.82) is 0 Å². The first-order valence-corrected chi connectivity index (χ1v) is 5.75. The van der Waals surface area contributed by atoms with Crippen LogP contribution in [0.15, 0.2) is 0 Å². The van der Waals surface area contributed by atoms with Crippen molar-refractivity contribution in [1.82, 2.24) is 0 Å². The van der Waals surface area contributed by atoms with E-state index >= 15 is 0 Å². The van der Waals surface area contributed by atoms with E-state index in [0.29, 0.717) is 6.42 Å². The van der Waals surface area contributed by atoms with E-state index in [-0.39, 0.29) is 49.0 Å². The quantitative estimate of drug-likeness (QED) is 0.451. The summed E-state index contributed by atoms with van der Waals surface area (Å²) in [6.45, 7) is 1.75. The van der Waals surface area contributed by atoms with Crippen LogP contribution < -0.4 is 0 Å². The third-order valence-corrected chi connectivity index (χ3v) is 6.50. The molecule has 1 N–H and O–H groups in total. The maximum atomic E-state index is 10.2. The number of hydrogen-bond donors (Lipinski definition) is 1. The predicted molar refractivity (Wildman–Crippen MR) is 31.4 cm³/mol. The van der Waals surface area contributed by atoms with Gasteiger partial charge in [-0.1, -0.05) is 0 Å². The Morgan fingerprint density at radius 1 is 1.75 bits per heavy atom. The Morgan fingerprint density at radius 2 is 2.12 bits per heavy atom. The first kappa shape index (κ1) is 9.55. The molecule has 0 saturated heterocycles. The summed E-state index contributed by atoms with van der Waals surface area (Å²) in [5.41, 5.74) is 0. The van der Waals surface area contributed by atoms with Gasteiger partial charge >= 0.3 is 84.7 Å². The minimum atomic E-state index is -3.67. The molecule has 0 fully saturated rings. The van der Waals surface area contributed by atoms with Gasteiger partial charge in [0.05, 0.1) is 0 Å². The SMILES string of the molecule is CC[CH]([K])S(=O)(=O)O. The third-order valence-electron chi connectivity index (χ3n) is 1.08. The van der Waals surface area contributed by atoms with Crippen molar-refractivity contribution in [2.45, 2.75) is 12.7 Å². The Bertz CT molecular complexity index is 150. The van der Waals surface area contributed by atoms with Crippen molar-refractivity contribution in [3.63, 3.8) is 0 Å². The molecular weight excluding hydrogens is 155 g/mol. The molecule has 0 heterocycles. The van der Waals surface area contributed by atoms with E-state index in [1.807, 2.05) is 0 Å². The molecule has 0 aliphatic heterocycles. The second-order valence-electron chi connectivity index (χ2n) is 1.73. The van der Waals surface area contributed by atoms with Crippen molar-refractivity contribution < 1.29 is 13.0 Å². The zero-order valence-electron chi connectivity index (χ0n) is 4.96. The molecular formula is C3H7KO3S. The fourth-order valence-corrected chi connectivity index (χ4v) is 0.632. The molecule has 44 valence electrons. The van der Waals surface area contributed by atoms with Gasteiger partial charge in [-0.15, -0.1) is 0 Å². The molecule has 1 unspecified atom stereocenters. The molecule has 0 radical (unpaired) electrons. The summed E-state index contributed by atoms with van der Waals surface area (Å²) in [6, 6.07) is 0. The van der Waals surface area contributed by atoms with Crippen LogP contribution in [-0.2, 0) is 10.1 Å². The van der Waals surface area contributed by atoms with Crippen LogP contribution in [0.1, 0.15) is 13.3 Å². The standard InChI is InChI=1S/C3H7O3S.K/c1-2-3-7(4,5)6;/h3H,2H2,1H3,(H,4,5,6);. The first-order chi connectivity index (χ1) is 3.48. The second kappa shape index (κ2) is 3.65. The molecule has 0 aromatic rings. The van der Waals surface area contributed by atoms with Crippen molar-refractivity contribution in [3.05, 3.63) is 0 Å². The number of rotatable bonds is 2. The van der Waals surface area contributed by atoms with Crippen molar-refractivity contribution in [3.8, 4) is 0 Å². The molecule has 0 aliphatic carbocycles. The summed E-state index contributed by atoms with van der Waals surface area (Å²) in [5, 5.41) is 0. The normalized spacial score (nSPS) is 16.0. The monoisotopic (exact) mass is 162 g/mol. The van der Waals surface area contributed by atoms with E-state index < -0.39 is 9.46 Å². The summed E-state index contributed by atoms with van der Waals surface area (Å²) >= 11 is 0.176. The van der Waals surface area contributed by atoms with Crippen LogP contribution in [0.2, 0.25) is 0 Å². The topological polar surface area (TPSA) is 54.4 Å². The van der Waals surface area contributed by atoms with E-state index in [0.717, 1.165) is 0 Å². The fraction of sp³-hybridized carbons (Fsp3) is 1.00. The molecule has 0 aliphatic rings. The maximum absolute atomic E-state index is 10.2. The van der Waals surface area contributed by atoms with E-state index in [1.54, 1.807) is 6.92 Å². The molecule has 0 saturated carbocycles. The van der Waals surface area contributed by atoms with Gasteiger partial charge in [-0.3, -0.25) is 0 Å². The van der Waals surface area contributed by atoms with Crippen LogP contribution in [0, 0.1) is 0 Å². The zero-order valence-corrected chi connectivity index (χ0v) is 8.90. The Hall–Kier alpha value is 1.55. The van der Waals surface area contributed by atoms with Gasteiger partial charge in [0.2, 0.25) is 0 Å². The van der Waals surface area contributed by atoms with E-state index in [1.165, 1.54) is 0 Å². The van der Waals surface area contributed by atoms with Gasteiger partial charge in [0.1, 0.15) is 0 Å². The molecule has 0 bridgehead atoms. The van der Waals surface area contributed by atoms with Crippen molar-refractivity contribution in [2.75, 3.05) is 0 Å². The van der Waals surface area contributed by atoms with Crippen LogP contribution in [0.25, 0.3) is 0 Å². The van der Waals surface area contributed by atoms with Crippen LogP contribution in [0.4, 0.5) is 0 Å². The molecule has 3 nitrogen and oxygen atoms in total. The average molecular weight is 162 g/mol. The molecule has 0 aromatic carbocycles. The van der Waals surface area contributed by atoms with Gasteiger partial charge in [-0.05, 0) is 0 Å². The van der Waals surface area contributed by atoms with Crippen molar-refractivity contribution in [2.24, 2.45) is 0 Å². The van der Waals surface area contributed by atoms with E-state index in [4.69, 9.17) is 4.55 Å². The third kappa shape index (κ3) is 3.55. The molecule has 8 heavy (non-hydrogen) atoms. The van der Waals surface area contributed by atoms with Crippen LogP contribution >= 0.6 is 0 Å². The number of hydrogen-bond acceptors (Lipinski definition) is 2. The average Bonchev–Trinajstić information content (AvgIpc) is 1.62. The van der Waals surface area contributed by atoms with Crippen LogP contribution in [0.3, 0.4) is 0 Å². The molecule has 0 rings (SSSR count). The van der Waals surface area contributed by atoms with E-state index in [2.05, 4.69) is 0 Å². The second-order valence-corrected chi connectivity index (χ2v) is 7.05. The summed E-state index contributed by atoms with van der Waals surface area (Å²) in [6.07, 6.45) is 0.541. The van der Waals surface area contributed by atoms with Crippen LogP contribution in [0.5, 0.6) is 0 Å². The Balaban J connectivity index is 4.04. The van der Waals surface area contributed by atoms with Gasteiger partial charge in [0, 0.05) is 0 Å². The Labute approximate surface area is 83.2 Å². The molecule has 5 heteroatoms. The first-order valence-electron chi connectivity index (χ1n) is 2.44. The van der Waals surface area contributed by atoms with Gasteiger partial charge in [-0.2, -0.15) is 0 Å². The van der Waals surface area contributed by atoms with Gasteiger partial charge in [0.25, 0.3) is 0 Å². The molecule has 0 spiro atoms. The Kier molecular flexibility index (Phi) is 4.36. The van der Waals surface area contributed by atoms with Gasteiger partial charge < -0.3 is 0 Å². The summed E-state index contributed by atoms with van der Waals surface area (Å²) < 4.78 is 28.2. The summed E-state index contributed by atoms with van der Waals surface area (Å²) in [7, 11) is -3.67. The summed E-state index contributed by atoms with van der Waals surface area (Å²) in [5.74, 6) is 0. The van der Waals surface area contributed by atoms with Crippen LogP contribution in [-0.4, -0.2) is 61.3 Å². The molecule has 0 amide bonds. The van der Waals surface area contributed by atoms with Gasteiger partial charge in [0.15, 0.2) is 0 Å². The minimum absolute atomic E-state index is 0.176. The zero-order chi connectivity index (χ0) is 6.78. The fourth-order valence-electron chi connectivity index (χ4n) is 0.211. The summed E-state index contributed by atoms with van der Waals surface area (Å²) in [4.78, 5) is 0. The Morgan fingerprint density at radius 3 is 2.12 bits per heavy atom. The molecule has 1 atom stereocenters. The van der Waals surface area contributed by atoms with E-state index in [9.17, 15) is 8.42 Å². The predicted octanol–water partition coefficient (Wildman–Crippen LogP) is -0.221.